The molecule has 0 heterocycles. The minimum atomic E-state index is -2.90. The van der Waals surface area contributed by atoms with E-state index < -0.39 is 12.3 Å². The highest BCUT2D eigenvalue weighted by molar-refractivity contribution is 5.79. The first kappa shape index (κ1) is 13.0. The van der Waals surface area contributed by atoms with Gasteiger partial charge in [0, 0.05) is 6.04 Å². The van der Waals surface area contributed by atoms with Crippen molar-refractivity contribution in [1.82, 2.24) is 5.32 Å². The van der Waals surface area contributed by atoms with E-state index in [2.05, 4.69) is 5.32 Å². The van der Waals surface area contributed by atoms with Crippen LogP contribution in [-0.4, -0.2) is 18.4 Å². The molecule has 0 bridgehead atoms. The number of hydrogen-bond donors (Lipinski definition) is 1. The van der Waals surface area contributed by atoms with E-state index in [1.54, 1.807) is 13.8 Å². The predicted molar refractivity (Wildman–Crippen MR) is 40.6 cm³/mol. The zero-order chi connectivity index (χ0) is 9.44. The van der Waals surface area contributed by atoms with Crippen LogP contribution in [0.3, 0.4) is 0 Å². The molecule has 0 spiro atoms. The normalized spacial score (nSPS) is 9.09. The number of halogens is 2. The Hall–Kier alpha value is -0.670. The Morgan fingerprint density at radius 3 is 1.73 bits per heavy atom. The number of hydrogen-bond acceptors (Lipinski definition) is 1. The van der Waals surface area contributed by atoms with E-state index in [0.29, 0.717) is 0 Å². The third-order valence-electron chi connectivity index (χ3n) is 0.629. The number of amides is 1. The van der Waals surface area contributed by atoms with Crippen LogP contribution in [0, 0.1) is 0 Å². The Kier molecular flexibility index (Phi) is 8.76. The van der Waals surface area contributed by atoms with Gasteiger partial charge in [0.05, 0.1) is 0 Å². The largest absolute Gasteiger partial charge is 0.349 e. The second-order valence-corrected chi connectivity index (χ2v) is 1.96. The highest BCUT2D eigenvalue weighted by Gasteiger charge is 2.14. The van der Waals surface area contributed by atoms with Gasteiger partial charge in [-0.1, -0.05) is 13.8 Å². The summed E-state index contributed by atoms with van der Waals surface area (Å²) in [4.78, 5) is 10.1. The van der Waals surface area contributed by atoms with Gasteiger partial charge < -0.3 is 5.32 Å². The molecule has 0 aromatic carbocycles. The van der Waals surface area contributed by atoms with Gasteiger partial charge in [0.1, 0.15) is 0 Å². The van der Waals surface area contributed by atoms with Crippen LogP contribution in [-0.2, 0) is 4.79 Å². The van der Waals surface area contributed by atoms with E-state index in [-0.39, 0.29) is 6.04 Å². The van der Waals surface area contributed by atoms with Gasteiger partial charge in [0.15, 0.2) is 0 Å². The summed E-state index contributed by atoms with van der Waals surface area (Å²) >= 11 is 0. The third-order valence-corrected chi connectivity index (χ3v) is 0.629. The summed E-state index contributed by atoms with van der Waals surface area (Å²) in [5, 5.41) is 2.05. The molecule has 0 aromatic heterocycles. The first-order valence-corrected chi connectivity index (χ1v) is 3.62. The van der Waals surface area contributed by atoms with Crippen LogP contribution in [0.5, 0.6) is 0 Å². The molecule has 1 amide bonds. The van der Waals surface area contributed by atoms with Crippen LogP contribution in [0.2, 0.25) is 0 Å². The molecule has 2 nitrogen and oxygen atoms in total. The quantitative estimate of drug-likeness (QED) is 0.667. The molecule has 0 saturated carbocycles. The topological polar surface area (TPSA) is 29.1 Å². The highest BCUT2D eigenvalue weighted by Crippen LogP contribution is 1.91. The van der Waals surface area contributed by atoms with E-state index in [1.807, 2.05) is 13.8 Å². The monoisotopic (exact) mass is 167 g/mol. The molecule has 0 atom stereocenters. The fraction of sp³-hybridized carbons (Fsp3) is 0.857. The van der Waals surface area contributed by atoms with Crippen molar-refractivity contribution in [2.45, 2.75) is 40.2 Å². The van der Waals surface area contributed by atoms with Crippen LogP contribution in [0.15, 0.2) is 0 Å². The molecule has 0 rings (SSSR count). The van der Waals surface area contributed by atoms with Crippen molar-refractivity contribution in [3.8, 4) is 0 Å². The third kappa shape index (κ3) is 9.33. The van der Waals surface area contributed by atoms with E-state index in [0.717, 1.165) is 0 Å². The lowest BCUT2D eigenvalue weighted by Gasteiger charge is -2.05. The zero-order valence-corrected chi connectivity index (χ0v) is 7.32. The van der Waals surface area contributed by atoms with Crippen LogP contribution >= 0.6 is 0 Å². The Bertz CT molecular complexity index is 105. The van der Waals surface area contributed by atoms with Crippen LogP contribution < -0.4 is 5.32 Å². The van der Waals surface area contributed by atoms with Gasteiger partial charge in [-0.3, -0.25) is 4.79 Å². The molecule has 0 aliphatic carbocycles. The first-order chi connectivity index (χ1) is 5.04. The number of rotatable bonds is 2. The number of nitrogens with one attached hydrogen (secondary N) is 1. The SMILES string of the molecule is CC.CC(C)NC(=O)C(F)F. The van der Waals surface area contributed by atoms with Crippen molar-refractivity contribution in [3.63, 3.8) is 0 Å². The standard InChI is InChI=1S/C5H9F2NO.C2H6/c1-3(2)8-5(9)4(6)7;1-2/h3-4H,1-2H3,(H,8,9);1-2H3. The Morgan fingerprint density at radius 2 is 1.64 bits per heavy atom. The minimum Gasteiger partial charge on any atom is -0.349 e. The second kappa shape index (κ2) is 7.44. The number of carbonyl (C=O) groups is 1. The molecule has 0 unspecified atom stereocenters. The molecule has 0 aliphatic heterocycles. The molecule has 0 saturated heterocycles. The fourth-order valence-electron chi connectivity index (χ4n) is 0.348. The van der Waals surface area contributed by atoms with Crippen LogP contribution in [0.25, 0.3) is 0 Å². The maximum Gasteiger partial charge on any atom is 0.315 e. The average molecular weight is 167 g/mol. The van der Waals surface area contributed by atoms with Crippen molar-refractivity contribution in [3.05, 3.63) is 0 Å². The summed E-state index contributed by atoms with van der Waals surface area (Å²) in [5.41, 5.74) is 0. The second-order valence-electron chi connectivity index (χ2n) is 1.96. The fourth-order valence-corrected chi connectivity index (χ4v) is 0.348. The Balaban J connectivity index is 0. The zero-order valence-electron chi connectivity index (χ0n) is 7.32. The number of alkyl halides is 2. The maximum absolute atomic E-state index is 11.4. The van der Waals surface area contributed by atoms with Crippen molar-refractivity contribution < 1.29 is 13.6 Å². The summed E-state index contributed by atoms with van der Waals surface area (Å²) in [6.07, 6.45) is -2.90. The lowest BCUT2D eigenvalue weighted by molar-refractivity contribution is -0.132. The molecular formula is C7H15F2NO. The van der Waals surface area contributed by atoms with E-state index in [9.17, 15) is 13.6 Å². The average Bonchev–Trinajstić information content (AvgIpc) is 1.90. The summed E-state index contributed by atoms with van der Waals surface area (Å²) in [5.74, 6) is -1.20. The molecular weight excluding hydrogens is 152 g/mol. The van der Waals surface area contributed by atoms with Gasteiger partial charge in [-0.15, -0.1) is 0 Å². The van der Waals surface area contributed by atoms with Crippen LogP contribution in [0.1, 0.15) is 27.7 Å². The summed E-state index contributed by atoms with van der Waals surface area (Å²) < 4.78 is 22.8. The first-order valence-electron chi connectivity index (χ1n) is 3.62. The lowest BCUT2D eigenvalue weighted by atomic mass is 10.4. The summed E-state index contributed by atoms with van der Waals surface area (Å²) in [6.45, 7) is 7.25. The minimum absolute atomic E-state index is 0.216. The molecule has 0 aliphatic rings. The molecule has 68 valence electrons. The Morgan fingerprint density at radius 1 is 1.27 bits per heavy atom. The van der Waals surface area contributed by atoms with Gasteiger partial charge >= 0.3 is 6.43 Å². The molecule has 0 fully saturated rings. The van der Waals surface area contributed by atoms with Crippen molar-refractivity contribution in [2.24, 2.45) is 0 Å². The van der Waals surface area contributed by atoms with Gasteiger partial charge in [-0.25, -0.2) is 0 Å². The van der Waals surface area contributed by atoms with Crippen molar-refractivity contribution in [2.75, 3.05) is 0 Å². The lowest BCUT2D eigenvalue weighted by Crippen LogP contribution is -2.34. The molecule has 1 N–H and O–H groups in total. The maximum atomic E-state index is 11.4. The summed E-state index contributed by atoms with van der Waals surface area (Å²) in [7, 11) is 0. The molecule has 4 heteroatoms. The van der Waals surface area contributed by atoms with E-state index in [4.69, 9.17) is 0 Å². The molecule has 0 radical (unpaired) electrons. The van der Waals surface area contributed by atoms with Crippen molar-refractivity contribution >= 4 is 5.91 Å². The number of carbonyl (C=O) groups excluding carboxylic acids is 1. The van der Waals surface area contributed by atoms with E-state index in [1.165, 1.54) is 0 Å². The van der Waals surface area contributed by atoms with Gasteiger partial charge in [0.2, 0.25) is 0 Å². The Labute approximate surface area is 66.0 Å². The van der Waals surface area contributed by atoms with Gasteiger partial charge in [0.25, 0.3) is 5.91 Å². The van der Waals surface area contributed by atoms with E-state index >= 15 is 0 Å². The molecule has 11 heavy (non-hydrogen) atoms. The van der Waals surface area contributed by atoms with Crippen molar-refractivity contribution in [1.29, 1.82) is 0 Å². The molecule has 0 aromatic rings. The van der Waals surface area contributed by atoms with Crippen LogP contribution in [0.4, 0.5) is 8.78 Å². The van der Waals surface area contributed by atoms with Gasteiger partial charge in [-0.2, -0.15) is 8.78 Å². The predicted octanol–water partition coefficient (Wildman–Crippen LogP) is 1.80. The van der Waals surface area contributed by atoms with Gasteiger partial charge in [-0.05, 0) is 13.8 Å². The summed E-state index contributed by atoms with van der Waals surface area (Å²) in [6, 6.07) is -0.216. The highest BCUT2D eigenvalue weighted by atomic mass is 19.3. The smallest absolute Gasteiger partial charge is 0.315 e.